The number of hydrogen-bond acceptors (Lipinski definition) is 5. The van der Waals surface area contributed by atoms with Crippen molar-refractivity contribution in [1.82, 2.24) is 4.31 Å². The van der Waals surface area contributed by atoms with Gasteiger partial charge in [0.25, 0.3) is 0 Å². The van der Waals surface area contributed by atoms with Gasteiger partial charge in [0.1, 0.15) is 0 Å². The van der Waals surface area contributed by atoms with Crippen LogP contribution in [0, 0.1) is 0 Å². The Kier molecular flexibility index (Phi) is 3.88. The van der Waals surface area contributed by atoms with Gasteiger partial charge in [-0.15, -0.1) is 11.3 Å². The third-order valence-corrected chi connectivity index (χ3v) is 7.62. The van der Waals surface area contributed by atoms with E-state index in [9.17, 15) is 16.8 Å². The minimum absolute atomic E-state index is 0.0156. The van der Waals surface area contributed by atoms with Gasteiger partial charge in [-0.05, 0) is 41.6 Å². The van der Waals surface area contributed by atoms with E-state index in [1.807, 2.05) is 11.4 Å². The first kappa shape index (κ1) is 15.7. The van der Waals surface area contributed by atoms with Crippen LogP contribution in [0.2, 0.25) is 0 Å². The van der Waals surface area contributed by atoms with E-state index in [1.165, 1.54) is 33.4 Å². The van der Waals surface area contributed by atoms with Crippen LogP contribution in [0.15, 0.2) is 45.5 Å². The molecule has 1 aliphatic heterocycles. The second-order valence-electron chi connectivity index (χ2n) is 5.20. The molecule has 0 aliphatic carbocycles. The summed E-state index contributed by atoms with van der Waals surface area (Å²) in [6.45, 7) is 0.753. The number of hydrogen-bond donors (Lipinski definition) is 0. The second-order valence-corrected chi connectivity index (χ2v) is 10.2. The number of fused-ring (bicyclic) bond motifs is 1. The van der Waals surface area contributed by atoms with E-state index in [-0.39, 0.29) is 9.79 Å². The van der Waals surface area contributed by atoms with Gasteiger partial charge in [-0.2, -0.15) is 4.31 Å². The summed E-state index contributed by atoms with van der Waals surface area (Å²) in [6, 6.07) is 7.47. The predicted octanol–water partition coefficient (Wildman–Crippen LogP) is 1.90. The Morgan fingerprint density at radius 1 is 1.09 bits per heavy atom. The van der Waals surface area contributed by atoms with Crippen LogP contribution >= 0.6 is 11.3 Å². The lowest BCUT2D eigenvalue weighted by Gasteiger charge is -2.26. The fourth-order valence-corrected chi connectivity index (χ4v) is 5.54. The van der Waals surface area contributed by atoms with Crippen molar-refractivity contribution in [3.63, 3.8) is 0 Å². The summed E-state index contributed by atoms with van der Waals surface area (Å²) in [5.74, 6) is 0. The minimum atomic E-state index is -3.69. The van der Waals surface area contributed by atoms with Gasteiger partial charge in [-0.25, -0.2) is 16.8 Å². The number of rotatable bonds is 3. The Morgan fingerprint density at radius 2 is 1.82 bits per heavy atom. The molecule has 0 saturated carbocycles. The molecule has 0 atom stereocenters. The normalized spacial score (nSPS) is 16.4. The lowest BCUT2D eigenvalue weighted by molar-refractivity contribution is 0.394. The molecule has 0 spiro atoms. The van der Waals surface area contributed by atoms with E-state index in [2.05, 4.69) is 0 Å². The van der Waals surface area contributed by atoms with Gasteiger partial charge in [0.05, 0.1) is 9.79 Å². The molecule has 0 bridgehead atoms. The van der Waals surface area contributed by atoms with Crippen LogP contribution in [0.1, 0.15) is 10.4 Å². The highest BCUT2D eigenvalue weighted by molar-refractivity contribution is 7.91. The summed E-state index contributed by atoms with van der Waals surface area (Å²) in [5, 5.41) is 1.96. The van der Waals surface area contributed by atoms with Crippen molar-refractivity contribution < 1.29 is 16.8 Å². The summed E-state index contributed by atoms with van der Waals surface area (Å²) in [5.41, 5.74) is 1.03. The van der Waals surface area contributed by atoms with Gasteiger partial charge in [0, 0.05) is 24.2 Å². The van der Waals surface area contributed by atoms with Crippen molar-refractivity contribution in [2.24, 2.45) is 0 Å². The molecule has 2 aromatic rings. The lowest BCUT2D eigenvalue weighted by Crippen LogP contribution is -2.35. The molecule has 0 radical (unpaired) electrons. The van der Waals surface area contributed by atoms with Gasteiger partial charge in [-0.3, -0.25) is 0 Å². The van der Waals surface area contributed by atoms with Crippen molar-refractivity contribution in [3.8, 4) is 0 Å². The number of sulfone groups is 1. The Hall–Kier alpha value is -1.22. The summed E-state index contributed by atoms with van der Waals surface area (Å²) < 4.78 is 50.1. The Labute approximate surface area is 134 Å². The molecular formula is C14H15NO4S3. The quantitative estimate of drug-likeness (QED) is 0.841. The first-order valence-electron chi connectivity index (χ1n) is 6.64. The molecule has 0 saturated heterocycles. The number of sulfonamides is 1. The average molecular weight is 357 g/mol. The van der Waals surface area contributed by atoms with Crippen molar-refractivity contribution in [2.75, 3.05) is 12.8 Å². The highest BCUT2D eigenvalue weighted by atomic mass is 32.2. The van der Waals surface area contributed by atoms with Crippen LogP contribution in [0.5, 0.6) is 0 Å². The lowest BCUT2D eigenvalue weighted by atomic mass is 10.1. The van der Waals surface area contributed by atoms with Gasteiger partial charge < -0.3 is 0 Å². The van der Waals surface area contributed by atoms with E-state index in [0.29, 0.717) is 19.5 Å². The van der Waals surface area contributed by atoms with Crippen molar-refractivity contribution in [3.05, 3.63) is 46.2 Å². The third-order valence-electron chi connectivity index (χ3n) is 3.64. The van der Waals surface area contributed by atoms with E-state index >= 15 is 0 Å². The van der Waals surface area contributed by atoms with Crippen molar-refractivity contribution >= 4 is 31.2 Å². The van der Waals surface area contributed by atoms with Crippen LogP contribution in [-0.4, -0.2) is 33.9 Å². The maximum atomic E-state index is 12.7. The second kappa shape index (κ2) is 5.45. The Morgan fingerprint density at radius 3 is 2.55 bits per heavy atom. The molecule has 8 heteroatoms. The van der Waals surface area contributed by atoms with Crippen LogP contribution in [0.4, 0.5) is 0 Å². The summed E-state index contributed by atoms with van der Waals surface area (Å²) in [7, 11) is -7.13. The molecule has 1 aromatic heterocycles. The van der Waals surface area contributed by atoms with Crippen molar-refractivity contribution in [1.29, 1.82) is 0 Å². The number of nitrogens with zero attached hydrogens (tertiary/aromatic N) is 1. The fourth-order valence-electron chi connectivity index (χ4n) is 2.44. The smallest absolute Gasteiger partial charge is 0.224 e. The standard InChI is InChI=1S/C14H15NO4S3/c1-21(16,17)12-3-2-4-13(9-12)22(18,19)15-7-5-14-11(10-15)6-8-20-14/h2-4,6,8-9H,5,7,10H2,1H3. The molecule has 1 aliphatic rings. The van der Waals surface area contributed by atoms with Crippen LogP contribution in [0.3, 0.4) is 0 Å². The monoisotopic (exact) mass is 357 g/mol. The fraction of sp³-hybridized carbons (Fsp3) is 0.286. The molecule has 0 amide bonds. The summed E-state index contributed by atoms with van der Waals surface area (Å²) >= 11 is 1.64. The van der Waals surface area contributed by atoms with Crippen LogP contribution in [0.25, 0.3) is 0 Å². The molecule has 0 N–H and O–H groups in total. The first-order chi connectivity index (χ1) is 10.3. The molecule has 2 heterocycles. The Balaban J connectivity index is 1.98. The van der Waals surface area contributed by atoms with Gasteiger partial charge in [0.2, 0.25) is 10.0 Å². The van der Waals surface area contributed by atoms with Gasteiger partial charge >= 0.3 is 0 Å². The molecular weight excluding hydrogens is 342 g/mol. The van der Waals surface area contributed by atoms with Crippen LogP contribution in [-0.2, 0) is 32.8 Å². The zero-order valence-corrected chi connectivity index (χ0v) is 14.3. The summed E-state index contributed by atoms with van der Waals surface area (Å²) in [6.07, 6.45) is 1.76. The van der Waals surface area contributed by atoms with E-state index in [4.69, 9.17) is 0 Å². The molecule has 3 rings (SSSR count). The molecule has 0 fully saturated rings. The number of benzene rings is 1. The SMILES string of the molecule is CS(=O)(=O)c1cccc(S(=O)(=O)N2CCc3sccc3C2)c1. The molecule has 22 heavy (non-hydrogen) atoms. The molecule has 118 valence electrons. The zero-order chi connectivity index (χ0) is 16.0. The van der Waals surface area contributed by atoms with E-state index < -0.39 is 19.9 Å². The average Bonchev–Trinajstić information content (AvgIpc) is 2.94. The van der Waals surface area contributed by atoms with Crippen molar-refractivity contribution in [2.45, 2.75) is 22.8 Å². The predicted molar refractivity (Wildman–Crippen MR) is 85.2 cm³/mol. The van der Waals surface area contributed by atoms with E-state index in [1.54, 1.807) is 11.3 Å². The van der Waals surface area contributed by atoms with Crippen LogP contribution < -0.4 is 0 Å². The largest absolute Gasteiger partial charge is 0.243 e. The topological polar surface area (TPSA) is 71.5 Å². The highest BCUT2D eigenvalue weighted by Gasteiger charge is 2.29. The van der Waals surface area contributed by atoms with Gasteiger partial charge in [0.15, 0.2) is 9.84 Å². The number of thiophene rings is 1. The molecule has 1 aromatic carbocycles. The summed E-state index contributed by atoms with van der Waals surface area (Å²) in [4.78, 5) is 1.26. The molecule has 0 unspecified atom stereocenters. The zero-order valence-electron chi connectivity index (χ0n) is 11.9. The maximum Gasteiger partial charge on any atom is 0.243 e. The third kappa shape index (κ3) is 2.83. The minimum Gasteiger partial charge on any atom is -0.224 e. The van der Waals surface area contributed by atoms with Gasteiger partial charge in [-0.1, -0.05) is 6.07 Å². The highest BCUT2D eigenvalue weighted by Crippen LogP contribution is 2.28. The molecule has 5 nitrogen and oxygen atoms in total. The maximum absolute atomic E-state index is 12.7. The van der Waals surface area contributed by atoms with E-state index in [0.717, 1.165) is 11.8 Å². The first-order valence-corrected chi connectivity index (χ1v) is 10.8. The Bertz CT molecular complexity index is 913.